The largest absolute Gasteiger partial charge is 0.490 e. The smallest absolute Gasteiger partial charge is 0.475 e. The number of likely N-dealkylation sites (tertiary alicyclic amines) is 3. The molecule has 2 amide bonds. The van der Waals surface area contributed by atoms with Crippen molar-refractivity contribution in [1.29, 1.82) is 0 Å². The van der Waals surface area contributed by atoms with Crippen molar-refractivity contribution in [2.45, 2.75) is 39.3 Å². The van der Waals surface area contributed by atoms with Gasteiger partial charge in [-0.25, -0.2) is 4.79 Å². The minimum absolute atomic E-state index is 0.0378. The Morgan fingerprint density at radius 2 is 1.78 bits per heavy atom. The average molecular weight is 518 g/mol. The molecule has 4 rings (SSSR count). The second-order valence-corrected chi connectivity index (χ2v) is 9.71. The van der Waals surface area contributed by atoms with Gasteiger partial charge in [0.25, 0.3) is 5.91 Å². The van der Waals surface area contributed by atoms with Crippen molar-refractivity contribution in [3.8, 4) is 0 Å². The van der Waals surface area contributed by atoms with Gasteiger partial charge in [-0.2, -0.15) is 13.2 Å². The fourth-order valence-corrected chi connectivity index (χ4v) is 5.82. The van der Waals surface area contributed by atoms with Gasteiger partial charge >= 0.3 is 12.1 Å². The summed E-state index contributed by atoms with van der Waals surface area (Å²) in [5.74, 6) is -1.31. The quantitative estimate of drug-likeness (QED) is 0.641. The molecule has 9 nitrogen and oxygen atoms in total. The molecule has 1 unspecified atom stereocenters. The molecule has 1 aromatic rings. The highest BCUT2D eigenvalue weighted by Crippen LogP contribution is 2.57. The molecule has 4 heterocycles. The number of piperidine rings is 1. The second-order valence-electron chi connectivity index (χ2n) is 9.71. The number of alkyl halides is 3. The molecule has 0 radical (unpaired) electrons. The minimum atomic E-state index is -5.08. The SMILES string of the molecule is CCN1CCC2(CN(CCOC)CC23CCN(C(=O)c2ccc(C)o2)CC3)C1=O.O=C(O)C(F)(F)F. The number of hydrogen-bond acceptors (Lipinski definition) is 6. The van der Waals surface area contributed by atoms with Gasteiger partial charge in [-0.15, -0.1) is 0 Å². The van der Waals surface area contributed by atoms with Gasteiger partial charge in [-0.3, -0.25) is 14.5 Å². The fraction of sp³-hybridized carbons (Fsp3) is 0.708. The fourth-order valence-electron chi connectivity index (χ4n) is 5.82. The Labute approximate surface area is 208 Å². The predicted octanol–water partition coefficient (Wildman–Crippen LogP) is 2.64. The van der Waals surface area contributed by atoms with E-state index in [1.807, 2.05) is 22.8 Å². The monoisotopic (exact) mass is 517 g/mol. The second kappa shape index (κ2) is 10.8. The van der Waals surface area contributed by atoms with Crippen molar-refractivity contribution in [3.63, 3.8) is 0 Å². The van der Waals surface area contributed by atoms with E-state index in [9.17, 15) is 22.8 Å². The topological polar surface area (TPSA) is 104 Å². The van der Waals surface area contributed by atoms with Crippen LogP contribution in [0.3, 0.4) is 0 Å². The number of carboxylic acid groups (broad SMARTS) is 1. The predicted molar refractivity (Wildman–Crippen MR) is 122 cm³/mol. The Hall–Kier alpha value is -2.60. The molecule has 0 aliphatic carbocycles. The van der Waals surface area contributed by atoms with E-state index in [4.69, 9.17) is 19.1 Å². The number of rotatable bonds is 5. The van der Waals surface area contributed by atoms with Crippen LogP contribution >= 0.6 is 0 Å². The van der Waals surface area contributed by atoms with Crippen LogP contribution in [0.1, 0.15) is 42.5 Å². The standard InChI is InChI=1S/C22H33N3O4.C2HF3O2/c1-4-24-12-9-22(20(24)27)16-23(13-14-28-3)15-21(22)7-10-25(11-8-21)19(26)18-6-5-17(2)29-18;3-2(4,5)1(6)7/h5-6H,4,7-16H2,1-3H3;(H,6,7). The molecule has 1 aromatic heterocycles. The number of nitrogens with zero attached hydrogens (tertiary/aromatic N) is 3. The van der Waals surface area contributed by atoms with Crippen molar-refractivity contribution in [3.05, 3.63) is 23.7 Å². The first-order valence-electron chi connectivity index (χ1n) is 12.1. The number of methoxy groups -OCH3 is 1. The molecule has 12 heteroatoms. The van der Waals surface area contributed by atoms with Crippen LogP contribution in [0, 0.1) is 17.8 Å². The number of carbonyl (C=O) groups excluding carboxylic acids is 2. The Morgan fingerprint density at radius 1 is 1.14 bits per heavy atom. The summed E-state index contributed by atoms with van der Waals surface area (Å²) in [5, 5.41) is 7.12. The molecular weight excluding hydrogens is 483 g/mol. The number of aliphatic carboxylic acids is 1. The molecule has 1 atom stereocenters. The number of fused-ring (bicyclic) bond motifs is 1. The van der Waals surface area contributed by atoms with E-state index in [1.54, 1.807) is 13.2 Å². The first kappa shape index (κ1) is 28.0. The van der Waals surface area contributed by atoms with Gasteiger partial charge in [0.05, 0.1) is 12.0 Å². The van der Waals surface area contributed by atoms with E-state index in [1.165, 1.54) is 0 Å². The molecule has 0 saturated carbocycles. The van der Waals surface area contributed by atoms with Crippen LogP contribution in [0.25, 0.3) is 0 Å². The summed E-state index contributed by atoms with van der Waals surface area (Å²) in [7, 11) is 1.72. The van der Waals surface area contributed by atoms with Crippen molar-refractivity contribution < 1.29 is 41.8 Å². The normalized spacial score (nSPS) is 23.9. The number of carboxylic acids is 1. The number of halogens is 3. The van der Waals surface area contributed by atoms with E-state index < -0.39 is 12.1 Å². The Kier molecular flexibility index (Phi) is 8.39. The molecular formula is C24H34F3N3O6. The van der Waals surface area contributed by atoms with E-state index >= 15 is 0 Å². The molecule has 3 fully saturated rings. The van der Waals surface area contributed by atoms with Gasteiger partial charge < -0.3 is 24.1 Å². The first-order chi connectivity index (χ1) is 16.9. The number of furan rings is 1. The maximum Gasteiger partial charge on any atom is 0.490 e. The highest BCUT2D eigenvalue weighted by Gasteiger charge is 2.64. The summed E-state index contributed by atoms with van der Waals surface area (Å²) in [5.41, 5.74) is -0.370. The summed E-state index contributed by atoms with van der Waals surface area (Å²) in [6.07, 6.45) is -2.43. The molecule has 0 aromatic carbocycles. The summed E-state index contributed by atoms with van der Waals surface area (Å²) in [4.78, 5) is 41.5. The molecule has 1 N–H and O–H groups in total. The molecule has 36 heavy (non-hydrogen) atoms. The molecule has 0 bridgehead atoms. The third kappa shape index (κ3) is 5.39. The Morgan fingerprint density at radius 3 is 2.25 bits per heavy atom. The van der Waals surface area contributed by atoms with Crippen LogP contribution in [0.4, 0.5) is 13.2 Å². The van der Waals surface area contributed by atoms with Crippen LogP contribution in [-0.4, -0.2) is 103 Å². The zero-order valence-electron chi connectivity index (χ0n) is 20.9. The van der Waals surface area contributed by atoms with Crippen LogP contribution < -0.4 is 0 Å². The van der Waals surface area contributed by atoms with Gasteiger partial charge in [-0.05, 0) is 45.2 Å². The van der Waals surface area contributed by atoms with E-state index in [2.05, 4.69) is 11.8 Å². The van der Waals surface area contributed by atoms with Crippen molar-refractivity contribution in [2.24, 2.45) is 10.8 Å². The molecule has 3 aliphatic rings. The zero-order valence-corrected chi connectivity index (χ0v) is 20.9. The maximum atomic E-state index is 13.5. The Balaban J connectivity index is 0.000000454. The lowest BCUT2D eigenvalue weighted by atomic mass is 9.60. The number of carbonyl (C=O) groups is 3. The van der Waals surface area contributed by atoms with Gasteiger partial charge in [0, 0.05) is 58.3 Å². The van der Waals surface area contributed by atoms with Gasteiger partial charge in [0.1, 0.15) is 5.76 Å². The lowest BCUT2D eigenvalue weighted by Crippen LogP contribution is -2.53. The molecule has 202 valence electrons. The van der Waals surface area contributed by atoms with Crippen LogP contribution in [0.15, 0.2) is 16.5 Å². The van der Waals surface area contributed by atoms with E-state index in [-0.39, 0.29) is 16.7 Å². The van der Waals surface area contributed by atoms with Gasteiger partial charge in [-0.1, -0.05) is 0 Å². The van der Waals surface area contributed by atoms with E-state index in [0.29, 0.717) is 31.4 Å². The summed E-state index contributed by atoms with van der Waals surface area (Å²) < 4.78 is 42.6. The van der Waals surface area contributed by atoms with Crippen LogP contribution in [-0.2, 0) is 14.3 Å². The first-order valence-corrected chi connectivity index (χ1v) is 12.1. The van der Waals surface area contributed by atoms with Crippen molar-refractivity contribution in [1.82, 2.24) is 14.7 Å². The average Bonchev–Trinajstić information content (AvgIpc) is 3.49. The van der Waals surface area contributed by atoms with Crippen LogP contribution in [0.5, 0.6) is 0 Å². The third-order valence-corrected chi connectivity index (χ3v) is 7.73. The van der Waals surface area contributed by atoms with Gasteiger partial charge in [0.2, 0.25) is 5.91 Å². The zero-order chi connectivity index (χ0) is 26.7. The number of amides is 2. The minimum Gasteiger partial charge on any atom is -0.475 e. The molecule has 3 saturated heterocycles. The molecule has 3 aliphatic heterocycles. The van der Waals surface area contributed by atoms with Crippen LogP contribution in [0.2, 0.25) is 0 Å². The van der Waals surface area contributed by atoms with Crippen molar-refractivity contribution in [2.75, 3.05) is 59.5 Å². The summed E-state index contributed by atoms with van der Waals surface area (Å²) in [6.45, 7) is 10.2. The van der Waals surface area contributed by atoms with E-state index in [0.717, 1.165) is 57.7 Å². The summed E-state index contributed by atoms with van der Waals surface area (Å²) in [6, 6.07) is 3.58. The maximum absolute atomic E-state index is 13.5. The lowest BCUT2D eigenvalue weighted by Gasteiger charge is -2.47. The third-order valence-electron chi connectivity index (χ3n) is 7.73. The highest BCUT2D eigenvalue weighted by atomic mass is 19.4. The number of ether oxygens (including phenoxy) is 1. The highest BCUT2D eigenvalue weighted by molar-refractivity contribution is 5.92. The summed E-state index contributed by atoms with van der Waals surface area (Å²) >= 11 is 0. The van der Waals surface area contributed by atoms with Crippen molar-refractivity contribution >= 4 is 17.8 Å². The lowest BCUT2D eigenvalue weighted by molar-refractivity contribution is -0.192. The Bertz CT molecular complexity index is 957. The van der Waals surface area contributed by atoms with Gasteiger partial charge in [0.15, 0.2) is 5.76 Å². The molecule has 2 spiro atoms. The number of hydrogen-bond donors (Lipinski definition) is 1. The number of aryl methyl sites for hydroxylation is 1.